The van der Waals surface area contributed by atoms with Gasteiger partial charge in [-0.05, 0) is 80.9 Å². The quantitative estimate of drug-likeness (QED) is 0.337. The summed E-state index contributed by atoms with van der Waals surface area (Å²) >= 11 is 6.15. The predicted molar refractivity (Wildman–Crippen MR) is 156 cm³/mol. The lowest BCUT2D eigenvalue weighted by Crippen LogP contribution is -2.57. The maximum absolute atomic E-state index is 13.9. The Kier molecular flexibility index (Phi) is 10.1. The molecule has 3 heterocycles. The number of fused-ring (bicyclic) bond motifs is 2. The molecule has 1 aromatic carbocycles. The van der Waals surface area contributed by atoms with Crippen molar-refractivity contribution in [3.63, 3.8) is 0 Å². The lowest BCUT2D eigenvalue weighted by molar-refractivity contribution is -0.125. The molecule has 1 aromatic rings. The Labute approximate surface area is 248 Å². The number of carbonyl (C=O) groups is 2. The maximum atomic E-state index is 13.9. The molecule has 0 spiro atoms. The van der Waals surface area contributed by atoms with Gasteiger partial charge in [0.1, 0.15) is 6.04 Å². The Morgan fingerprint density at radius 2 is 1.83 bits per heavy atom. The van der Waals surface area contributed by atoms with Crippen molar-refractivity contribution in [1.29, 1.82) is 0 Å². The Balaban J connectivity index is 1.28. The Morgan fingerprint density at radius 1 is 1.07 bits per heavy atom. The summed E-state index contributed by atoms with van der Waals surface area (Å²) in [4.78, 5) is 25.8. The first-order chi connectivity index (χ1) is 19.7. The second-order valence-corrected chi connectivity index (χ2v) is 14.6. The third kappa shape index (κ3) is 7.54. The van der Waals surface area contributed by atoms with Crippen LogP contribution in [0.15, 0.2) is 24.3 Å². The molecule has 7 atom stereocenters. The number of benzene rings is 1. The fraction of sp³-hybridized carbons (Fsp3) is 0.724. The van der Waals surface area contributed by atoms with Gasteiger partial charge in [-0.15, -0.1) is 0 Å². The predicted octanol–water partition coefficient (Wildman–Crippen LogP) is 3.32. The smallest absolute Gasteiger partial charge is 0.405 e. The van der Waals surface area contributed by atoms with Gasteiger partial charge in [-0.25, -0.2) is 13.2 Å². The fourth-order valence-corrected chi connectivity index (χ4v) is 9.38. The number of hydrogen-bond donors (Lipinski definition) is 4. The molecule has 0 aromatic heterocycles. The molecule has 228 valence electrons. The molecule has 10 nitrogen and oxygen atoms in total. The van der Waals surface area contributed by atoms with Crippen LogP contribution in [0.1, 0.15) is 69.3 Å². The molecule has 1 aliphatic carbocycles. The molecule has 3 aliphatic heterocycles. The Bertz CT molecular complexity index is 1160. The van der Waals surface area contributed by atoms with E-state index in [2.05, 4.69) is 16.0 Å². The number of halogens is 1. The number of piperazine rings is 1. The van der Waals surface area contributed by atoms with Gasteiger partial charge in [-0.3, -0.25) is 4.79 Å². The monoisotopic (exact) mass is 610 g/mol. The van der Waals surface area contributed by atoms with Crippen molar-refractivity contribution in [1.82, 2.24) is 20.3 Å². The van der Waals surface area contributed by atoms with Crippen molar-refractivity contribution in [2.45, 2.75) is 87.9 Å². The van der Waals surface area contributed by atoms with E-state index in [4.69, 9.17) is 16.3 Å². The molecular formula is C29H43ClN4O6S. The summed E-state index contributed by atoms with van der Waals surface area (Å²) in [6.45, 7) is 2.35. The summed E-state index contributed by atoms with van der Waals surface area (Å²) in [5.41, 5.74) is 0.875. The normalized spacial score (nSPS) is 31.5. The molecule has 2 amide bonds. The van der Waals surface area contributed by atoms with Crippen LogP contribution in [-0.2, 0) is 19.6 Å². The van der Waals surface area contributed by atoms with E-state index < -0.39 is 22.2 Å². The van der Waals surface area contributed by atoms with Crippen LogP contribution in [-0.4, -0.2) is 86.1 Å². The molecule has 1 saturated carbocycles. The molecule has 0 radical (unpaired) electrons. The highest BCUT2D eigenvalue weighted by Gasteiger charge is 2.41. The Morgan fingerprint density at radius 3 is 2.56 bits per heavy atom. The second kappa shape index (κ2) is 13.6. The third-order valence-electron chi connectivity index (χ3n) is 9.57. The number of nitrogens with one attached hydrogen (secondary N) is 3. The lowest BCUT2D eigenvalue weighted by atomic mass is 9.76. The van der Waals surface area contributed by atoms with Gasteiger partial charge in [-0.2, -0.15) is 4.31 Å². The first-order valence-electron chi connectivity index (χ1n) is 15.1. The van der Waals surface area contributed by atoms with Gasteiger partial charge in [0.2, 0.25) is 15.9 Å². The molecule has 4 aliphatic rings. The second-order valence-electron chi connectivity index (χ2n) is 12.1. The highest BCUT2D eigenvalue weighted by Crippen LogP contribution is 2.37. The zero-order valence-electron chi connectivity index (χ0n) is 23.5. The number of amides is 2. The molecular weight excluding hydrogens is 568 g/mol. The SMILES string of the molecule is O=C(O)N[C@H](C(=O)N[C@H]1CCC[C@@H]1CC[C@H]1CN[C@@H]2CCCS(=O)(=O)N1C2)[C@@H](c1ccc(Cl)cc1)C1CCOCC1. The lowest BCUT2D eigenvalue weighted by Gasteiger charge is -2.38. The van der Waals surface area contributed by atoms with Crippen molar-refractivity contribution >= 4 is 33.6 Å². The van der Waals surface area contributed by atoms with Gasteiger partial charge in [0.05, 0.1) is 5.75 Å². The molecule has 4 N–H and O–H groups in total. The summed E-state index contributed by atoms with van der Waals surface area (Å²) in [5, 5.41) is 19.6. The summed E-state index contributed by atoms with van der Waals surface area (Å²) in [6.07, 6.45) is 6.12. The van der Waals surface area contributed by atoms with Gasteiger partial charge in [0.15, 0.2) is 0 Å². The van der Waals surface area contributed by atoms with Crippen molar-refractivity contribution in [2.24, 2.45) is 11.8 Å². The third-order valence-corrected chi connectivity index (χ3v) is 11.8. The van der Waals surface area contributed by atoms with Gasteiger partial charge >= 0.3 is 6.09 Å². The van der Waals surface area contributed by atoms with E-state index in [-0.39, 0.29) is 47.5 Å². The van der Waals surface area contributed by atoms with Gasteiger partial charge in [0.25, 0.3) is 0 Å². The highest BCUT2D eigenvalue weighted by atomic mass is 35.5. The van der Waals surface area contributed by atoms with Crippen LogP contribution in [0.25, 0.3) is 0 Å². The summed E-state index contributed by atoms with van der Waals surface area (Å²) in [7, 11) is -3.25. The molecule has 3 saturated heterocycles. The van der Waals surface area contributed by atoms with Crippen molar-refractivity contribution in [3.8, 4) is 0 Å². The van der Waals surface area contributed by atoms with Gasteiger partial charge in [-0.1, -0.05) is 30.2 Å². The summed E-state index contributed by atoms with van der Waals surface area (Å²) in [6, 6.07) is 6.43. The average Bonchev–Trinajstić information content (AvgIpc) is 3.35. The van der Waals surface area contributed by atoms with E-state index >= 15 is 0 Å². The van der Waals surface area contributed by atoms with E-state index in [1.165, 1.54) is 0 Å². The van der Waals surface area contributed by atoms with E-state index in [1.807, 2.05) is 12.1 Å². The number of rotatable bonds is 9. The number of hydrogen-bond acceptors (Lipinski definition) is 6. The Hall–Kier alpha value is -1.92. The minimum Gasteiger partial charge on any atom is -0.465 e. The summed E-state index contributed by atoms with van der Waals surface area (Å²) in [5.74, 6) is -0.169. The summed E-state index contributed by atoms with van der Waals surface area (Å²) < 4.78 is 33.1. The first kappa shape index (κ1) is 30.5. The van der Waals surface area contributed by atoms with Crippen LogP contribution < -0.4 is 16.0 Å². The topological polar surface area (TPSA) is 137 Å². The zero-order chi connectivity index (χ0) is 29.0. The van der Waals surface area contributed by atoms with Crippen molar-refractivity contribution < 1.29 is 27.9 Å². The number of carbonyl (C=O) groups excluding carboxylic acids is 1. The highest BCUT2D eigenvalue weighted by molar-refractivity contribution is 7.89. The number of carboxylic acid groups (broad SMARTS) is 1. The van der Waals surface area contributed by atoms with Gasteiger partial charge in [0, 0.05) is 55.4 Å². The van der Waals surface area contributed by atoms with Crippen LogP contribution >= 0.6 is 11.6 Å². The molecule has 2 bridgehead atoms. The maximum Gasteiger partial charge on any atom is 0.405 e. The molecule has 4 fully saturated rings. The van der Waals surface area contributed by atoms with E-state index in [0.29, 0.717) is 37.7 Å². The minimum atomic E-state index is -3.25. The molecule has 41 heavy (non-hydrogen) atoms. The number of sulfonamides is 1. The molecule has 12 heteroatoms. The van der Waals surface area contributed by atoms with Crippen LogP contribution in [0.5, 0.6) is 0 Å². The average molecular weight is 611 g/mol. The number of nitrogens with zero attached hydrogens (tertiary/aromatic N) is 1. The van der Waals surface area contributed by atoms with Crippen molar-refractivity contribution in [2.75, 3.05) is 32.1 Å². The van der Waals surface area contributed by atoms with Crippen LogP contribution in [0.2, 0.25) is 5.02 Å². The molecule has 1 unspecified atom stereocenters. The van der Waals surface area contributed by atoms with E-state index in [1.54, 1.807) is 16.4 Å². The largest absolute Gasteiger partial charge is 0.465 e. The van der Waals surface area contributed by atoms with Crippen molar-refractivity contribution in [3.05, 3.63) is 34.9 Å². The number of ether oxygens (including phenoxy) is 1. The van der Waals surface area contributed by atoms with Gasteiger partial charge < -0.3 is 25.8 Å². The zero-order valence-corrected chi connectivity index (χ0v) is 25.0. The fourth-order valence-electron chi connectivity index (χ4n) is 7.44. The van der Waals surface area contributed by atoms with Crippen LogP contribution in [0.3, 0.4) is 0 Å². The first-order valence-corrected chi connectivity index (χ1v) is 17.1. The minimum absolute atomic E-state index is 0.0736. The van der Waals surface area contributed by atoms with Crippen LogP contribution in [0, 0.1) is 11.8 Å². The van der Waals surface area contributed by atoms with E-state index in [0.717, 1.165) is 56.9 Å². The standard InChI is InChI=1S/C29H43ClN4O6S/c30-22-9-6-20(7-10-22)26(21-12-14-40-15-13-21)27(33-29(36)37)28(35)32-25-5-1-3-19(25)8-11-24-17-31-23-4-2-16-41(38,39)34(24)18-23/h6-7,9-10,19,21,23-27,31,33H,1-5,8,11-18H2,(H,32,35)(H,36,37)/t19-,23-,24+,25+,26+,27+/m1/s1. The molecule has 5 rings (SSSR count). The van der Waals surface area contributed by atoms with Crippen LogP contribution in [0.4, 0.5) is 4.79 Å². The van der Waals surface area contributed by atoms with E-state index in [9.17, 15) is 23.1 Å².